The minimum atomic E-state index is -3.79. The molecule has 0 aromatic heterocycles. The zero-order valence-electron chi connectivity index (χ0n) is 10.2. The predicted molar refractivity (Wildman–Crippen MR) is 72.4 cm³/mol. The smallest absolute Gasteiger partial charge is 0.206 e. The van der Waals surface area contributed by atoms with E-state index < -0.39 is 15.8 Å². The third kappa shape index (κ3) is 3.26. The van der Waals surface area contributed by atoms with Crippen LogP contribution < -0.4 is 0 Å². The highest BCUT2D eigenvalue weighted by molar-refractivity contribution is 7.90. The Bertz CT molecular complexity index is 706. The summed E-state index contributed by atoms with van der Waals surface area (Å²) in [4.78, 5) is 0.0886. The van der Waals surface area contributed by atoms with Crippen molar-refractivity contribution in [2.45, 2.75) is 11.8 Å². The van der Waals surface area contributed by atoms with Crippen molar-refractivity contribution in [3.05, 3.63) is 65.5 Å². The van der Waals surface area contributed by atoms with E-state index >= 15 is 0 Å². The van der Waals surface area contributed by atoms with Gasteiger partial charge in [-0.3, -0.25) is 0 Å². The van der Waals surface area contributed by atoms with E-state index in [1.54, 1.807) is 18.2 Å². The molecule has 19 heavy (non-hydrogen) atoms. The van der Waals surface area contributed by atoms with Crippen LogP contribution in [0.4, 0.5) is 4.39 Å². The quantitative estimate of drug-likeness (QED) is 0.810. The monoisotopic (exact) mass is 277 g/mol. The Morgan fingerprint density at radius 3 is 2.32 bits per heavy atom. The van der Waals surface area contributed by atoms with Gasteiger partial charge in [-0.15, -0.1) is 0 Å². The summed E-state index contributed by atoms with van der Waals surface area (Å²) < 4.78 is 40.6. The lowest BCUT2D eigenvalue weighted by molar-refractivity contribution is 0.598. The molecule has 2 aromatic rings. The highest BCUT2D eigenvalue weighted by Crippen LogP contribution is 2.13. The SMILES string of the molecule is Cc1ccc(S(=O)(=O)N=Cc2ccccc2F)cc1. The van der Waals surface area contributed by atoms with Crippen molar-refractivity contribution in [2.24, 2.45) is 4.40 Å². The molecule has 0 fully saturated rings. The average Bonchev–Trinajstić information content (AvgIpc) is 2.38. The summed E-state index contributed by atoms with van der Waals surface area (Å²) in [5.41, 5.74) is 1.09. The van der Waals surface area contributed by atoms with Gasteiger partial charge in [0.05, 0.1) is 11.1 Å². The normalized spacial score (nSPS) is 11.9. The number of hydrogen-bond donors (Lipinski definition) is 0. The van der Waals surface area contributed by atoms with E-state index in [0.29, 0.717) is 0 Å². The standard InChI is InChI=1S/C14H12FNO2S/c1-11-6-8-13(9-7-11)19(17,18)16-10-12-4-2-3-5-14(12)15/h2-10H,1H3. The van der Waals surface area contributed by atoms with Crippen LogP contribution in [0, 0.1) is 12.7 Å². The van der Waals surface area contributed by atoms with Crippen LogP contribution >= 0.6 is 0 Å². The second kappa shape index (κ2) is 5.32. The van der Waals surface area contributed by atoms with Gasteiger partial charge in [-0.1, -0.05) is 35.9 Å². The van der Waals surface area contributed by atoms with E-state index in [-0.39, 0.29) is 10.5 Å². The van der Waals surface area contributed by atoms with Crippen LogP contribution in [-0.4, -0.2) is 14.6 Å². The van der Waals surface area contributed by atoms with E-state index in [1.807, 2.05) is 6.92 Å². The van der Waals surface area contributed by atoms with Crippen molar-refractivity contribution in [2.75, 3.05) is 0 Å². The molecule has 0 saturated carbocycles. The zero-order chi connectivity index (χ0) is 13.9. The van der Waals surface area contributed by atoms with Crippen LogP contribution in [0.15, 0.2) is 57.8 Å². The third-order valence-corrected chi connectivity index (χ3v) is 3.81. The third-order valence-electron chi connectivity index (χ3n) is 2.55. The Morgan fingerprint density at radius 2 is 1.68 bits per heavy atom. The minimum absolute atomic E-state index is 0.0886. The van der Waals surface area contributed by atoms with E-state index in [1.165, 1.54) is 30.3 Å². The molecule has 0 aliphatic heterocycles. The van der Waals surface area contributed by atoms with Gasteiger partial charge in [0.15, 0.2) is 0 Å². The molecule has 0 heterocycles. The summed E-state index contributed by atoms with van der Waals surface area (Å²) >= 11 is 0. The summed E-state index contributed by atoms with van der Waals surface area (Å²) in [6.07, 6.45) is 1.02. The van der Waals surface area contributed by atoms with Crippen LogP contribution in [0.2, 0.25) is 0 Å². The Balaban J connectivity index is 2.32. The molecule has 0 unspecified atom stereocenters. The first-order valence-corrected chi connectivity index (χ1v) is 7.04. The predicted octanol–water partition coefficient (Wildman–Crippen LogP) is 2.94. The fourth-order valence-corrected chi connectivity index (χ4v) is 2.33. The van der Waals surface area contributed by atoms with Gasteiger partial charge < -0.3 is 0 Å². The largest absolute Gasteiger partial charge is 0.282 e. The van der Waals surface area contributed by atoms with Crippen LogP contribution in [0.25, 0.3) is 0 Å². The summed E-state index contributed by atoms with van der Waals surface area (Å²) in [6.45, 7) is 1.86. The molecule has 2 aromatic carbocycles. The minimum Gasteiger partial charge on any atom is -0.206 e. The number of hydrogen-bond acceptors (Lipinski definition) is 2. The van der Waals surface area contributed by atoms with Crippen molar-refractivity contribution in [1.29, 1.82) is 0 Å². The Kier molecular flexibility index (Phi) is 3.76. The lowest BCUT2D eigenvalue weighted by atomic mass is 10.2. The maximum atomic E-state index is 13.3. The molecule has 0 spiro atoms. The molecule has 0 aliphatic rings. The zero-order valence-corrected chi connectivity index (χ0v) is 11.1. The number of benzene rings is 2. The van der Waals surface area contributed by atoms with Crippen molar-refractivity contribution in [1.82, 2.24) is 0 Å². The summed E-state index contributed by atoms with van der Waals surface area (Å²) in [5.74, 6) is -0.509. The fourth-order valence-electron chi connectivity index (χ4n) is 1.48. The molecule has 0 N–H and O–H groups in total. The Morgan fingerprint density at radius 1 is 1.05 bits per heavy atom. The summed E-state index contributed by atoms with van der Waals surface area (Å²) in [5, 5.41) is 0. The van der Waals surface area contributed by atoms with Crippen molar-refractivity contribution < 1.29 is 12.8 Å². The number of halogens is 1. The Hall–Kier alpha value is -2.01. The first-order valence-electron chi connectivity index (χ1n) is 5.60. The van der Waals surface area contributed by atoms with Crippen LogP contribution in [0.5, 0.6) is 0 Å². The highest BCUT2D eigenvalue weighted by Gasteiger charge is 2.11. The number of rotatable bonds is 3. The molecule has 3 nitrogen and oxygen atoms in total. The first kappa shape index (κ1) is 13.4. The second-order valence-corrected chi connectivity index (χ2v) is 5.68. The van der Waals surface area contributed by atoms with E-state index in [2.05, 4.69) is 4.40 Å². The van der Waals surface area contributed by atoms with Gasteiger partial charge in [0, 0.05) is 5.56 Å². The molecule has 0 aliphatic carbocycles. The number of aryl methyl sites for hydroxylation is 1. The van der Waals surface area contributed by atoms with Gasteiger partial charge >= 0.3 is 0 Å². The lowest BCUT2D eigenvalue weighted by Crippen LogP contribution is -1.98. The lowest BCUT2D eigenvalue weighted by Gasteiger charge is -1.99. The van der Waals surface area contributed by atoms with E-state index in [0.717, 1.165) is 11.8 Å². The van der Waals surface area contributed by atoms with Gasteiger partial charge in [-0.05, 0) is 25.1 Å². The first-order chi connectivity index (χ1) is 8.99. The number of nitrogens with zero attached hydrogens (tertiary/aromatic N) is 1. The summed E-state index contributed by atoms with van der Waals surface area (Å²) in [6, 6.07) is 12.2. The van der Waals surface area contributed by atoms with Gasteiger partial charge in [-0.2, -0.15) is 12.8 Å². The molecular weight excluding hydrogens is 265 g/mol. The Labute approximate surface area is 111 Å². The molecule has 0 bridgehead atoms. The summed E-state index contributed by atoms with van der Waals surface area (Å²) in [7, 11) is -3.79. The van der Waals surface area contributed by atoms with Gasteiger partial charge in [-0.25, -0.2) is 4.39 Å². The van der Waals surface area contributed by atoms with Crippen LogP contribution in [-0.2, 0) is 10.0 Å². The second-order valence-electron chi connectivity index (χ2n) is 4.04. The highest BCUT2D eigenvalue weighted by atomic mass is 32.2. The molecule has 0 atom stereocenters. The molecule has 98 valence electrons. The topological polar surface area (TPSA) is 46.5 Å². The average molecular weight is 277 g/mol. The molecule has 0 saturated heterocycles. The molecule has 0 radical (unpaired) electrons. The van der Waals surface area contributed by atoms with Gasteiger partial charge in [0.1, 0.15) is 5.82 Å². The molecule has 0 amide bonds. The van der Waals surface area contributed by atoms with Gasteiger partial charge in [0.2, 0.25) is 0 Å². The van der Waals surface area contributed by atoms with E-state index in [9.17, 15) is 12.8 Å². The van der Waals surface area contributed by atoms with Crippen molar-refractivity contribution >= 4 is 16.2 Å². The van der Waals surface area contributed by atoms with Crippen molar-refractivity contribution in [3.8, 4) is 0 Å². The van der Waals surface area contributed by atoms with Crippen LogP contribution in [0.1, 0.15) is 11.1 Å². The maximum absolute atomic E-state index is 13.3. The molecule has 2 rings (SSSR count). The number of sulfonamides is 1. The van der Waals surface area contributed by atoms with Crippen LogP contribution in [0.3, 0.4) is 0 Å². The van der Waals surface area contributed by atoms with Gasteiger partial charge in [0.25, 0.3) is 10.0 Å². The van der Waals surface area contributed by atoms with Crippen molar-refractivity contribution in [3.63, 3.8) is 0 Å². The fraction of sp³-hybridized carbons (Fsp3) is 0.0714. The molecule has 5 heteroatoms. The van der Waals surface area contributed by atoms with E-state index in [4.69, 9.17) is 0 Å². The maximum Gasteiger partial charge on any atom is 0.282 e. The molecular formula is C14H12FNO2S.